The van der Waals surface area contributed by atoms with Gasteiger partial charge in [-0.1, -0.05) is 18.2 Å². The highest BCUT2D eigenvalue weighted by Crippen LogP contribution is 2.46. The van der Waals surface area contributed by atoms with Gasteiger partial charge >= 0.3 is 0 Å². The number of phenolic OH excluding ortho intramolecular Hbond substituents is 1. The van der Waals surface area contributed by atoms with E-state index in [1.165, 1.54) is 95.2 Å². The van der Waals surface area contributed by atoms with Crippen LogP contribution in [0.25, 0.3) is 10.8 Å². The summed E-state index contributed by atoms with van der Waals surface area (Å²) in [6.45, 7) is 0. The topological polar surface area (TPSA) is 269 Å². The van der Waals surface area contributed by atoms with Gasteiger partial charge in [0.05, 0.1) is 39.0 Å². The van der Waals surface area contributed by atoms with Gasteiger partial charge < -0.3 is 29.4 Å². The first-order chi connectivity index (χ1) is 28.6. The van der Waals surface area contributed by atoms with Crippen molar-refractivity contribution in [1.82, 2.24) is 0 Å². The molecule has 308 valence electrons. The first-order valence-electron chi connectivity index (χ1n) is 17.1. The molecule has 0 aromatic heterocycles. The van der Waals surface area contributed by atoms with Gasteiger partial charge in [-0.2, -0.15) is 21.9 Å². The maximum atomic E-state index is 12.7. The molecule has 0 aliphatic rings. The number of benzene rings is 6. The van der Waals surface area contributed by atoms with E-state index in [4.69, 9.17) is 18.9 Å². The lowest BCUT2D eigenvalue weighted by Gasteiger charge is -2.12. The van der Waals surface area contributed by atoms with Gasteiger partial charge in [0.2, 0.25) is 0 Å². The van der Waals surface area contributed by atoms with Crippen molar-refractivity contribution in [3.63, 3.8) is 0 Å². The number of rotatable bonds is 14. The number of ether oxygens (including phenoxy) is 4. The molecule has 6 aromatic rings. The second-order valence-electron chi connectivity index (χ2n) is 12.3. The fourth-order valence-corrected chi connectivity index (χ4v) is 6.70. The molecule has 1 amide bonds. The minimum Gasteiger partial charge on any atom is -0.505 e. The molecule has 21 heteroatoms. The average molecular weight is 856 g/mol. The van der Waals surface area contributed by atoms with Crippen molar-refractivity contribution in [2.45, 2.75) is 9.79 Å². The number of hydrogen-bond acceptors (Lipinski definition) is 16. The van der Waals surface area contributed by atoms with Crippen molar-refractivity contribution < 1.29 is 54.8 Å². The van der Waals surface area contributed by atoms with E-state index in [2.05, 4.69) is 36.0 Å². The summed E-state index contributed by atoms with van der Waals surface area (Å²) in [5.41, 5.74) is 0.977. The molecule has 60 heavy (non-hydrogen) atoms. The van der Waals surface area contributed by atoms with Crippen molar-refractivity contribution in [3.8, 4) is 28.7 Å². The van der Waals surface area contributed by atoms with Gasteiger partial charge in [0.15, 0.2) is 5.75 Å². The molecule has 6 aromatic carbocycles. The number of hydrogen-bond donors (Lipinski definition) is 4. The van der Waals surface area contributed by atoms with E-state index >= 15 is 0 Å². The van der Waals surface area contributed by atoms with Crippen LogP contribution in [0.3, 0.4) is 0 Å². The van der Waals surface area contributed by atoms with Crippen LogP contribution in [-0.4, -0.2) is 65.4 Å². The molecule has 0 fully saturated rings. The predicted octanol–water partition coefficient (Wildman–Crippen LogP) is 9.57. The average Bonchev–Trinajstić information content (AvgIpc) is 3.23. The lowest BCUT2D eigenvalue weighted by atomic mass is 10.1. The number of phenols is 1. The molecule has 0 spiro atoms. The van der Waals surface area contributed by atoms with Gasteiger partial charge in [-0.25, -0.2) is 0 Å². The number of methoxy groups -OCH3 is 4. The van der Waals surface area contributed by atoms with Crippen LogP contribution in [-0.2, 0) is 20.2 Å². The second kappa shape index (κ2) is 17.7. The lowest BCUT2D eigenvalue weighted by Crippen LogP contribution is -2.11. The zero-order valence-electron chi connectivity index (χ0n) is 31.8. The molecule has 19 nitrogen and oxygen atoms in total. The van der Waals surface area contributed by atoms with Crippen molar-refractivity contribution in [1.29, 1.82) is 0 Å². The third kappa shape index (κ3) is 9.51. The van der Waals surface area contributed by atoms with Gasteiger partial charge in [-0.15, -0.1) is 25.6 Å². The molecule has 0 aliphatic heterocycles. The number of fused-ring (bicyclic) bond motifs is 1. The van der Waals surface area contributed by atoms with Crippen molar-refractivity contribution in [2.24, 2.45) is 30.7 Å². The van der Waals surface area contributed by atoms with Crippen LogP contribution < -0.4 is 24.3 Å². The van der Waals surface area contributed by atoms with E-state index in [1.54, 1.807) is 30.3 Å². The van der Waals surface area contributed by atoms with E-state index in [-0.39, 0.29) is 67.1 Å². The highest BCUT2D eigenvalue weighted by molar-refractivity contribution is 7.86. The standard InChI is InChI=1S/C39H33N7O12S2/c1-55-32-19-29(33(56-2)18-28(32)42-41-24-10-13-26(14-11-24)59(49,50)51)43-44-30-20-35(58-4)31(21-34(30)57-3)45-46-37-36(60(52,53)54)17-23-16-25(12-15-27(23)38(37)47)40-39(48)22-8-6-5-7-9-22/h5-21,47H,1-4H3,(H,40,48)(H,49,50,51)(H,52,53,54). The molecule has 0 saturated carbocycles. The summed E-state index contributed by atoms with van der Waals surface area (Å²) >= 11 is 0. The number of amides is 1. The fraction of sp³-hybridized carbons (Fsp3) is 0.103. The van der Waals surface area contributed by atoms with Crippen LogP contribution in [0.1, 0.15) is 10.4 Å². The Kier molecular flexibility index (Phi) is 12.4. The Morgan fingerprint density at radius 2 is 1.05 bits per heavy atom. The van der Waals surface area contributed by atoms with Crippen molar-refractivity contribution in [2.75, 3.05) is 33.8 Å². The van der Waals surface area contributed by atoms with E-state index in [0.29, 0.717) is 11.3 Å². The van der Waals surface area contributed by atoms with Gasteiger partial charge in [0.1, 0.15) is 56.3 Å². The van der Waals surface area contributed by atoms with E-state index in [1.807, 2.05) is 0 Å². The maximum Gasteiger partial charge on any atom is 0.296 e. The summed E-state index contributed by atoms with van der Waals surface area (Å²) in [4.78, 5) is 11.6. The summed E-state index contributed by atoms with van der Waals surface area (Å²) < 4.78 is 89.1. The van der Waals surface area contributed by atoms with Crippen LogP contribution >= 0.6 is 0 Å². The number of nitrogens with one attached hydrogen (secondary N) is 1. The quantitative estimate of drug-likeness (QED) is 0.0589. The SMILES string of the molecule is COc1cc(N=Nc2cc(OC)c(N=Nc3c(S(=O)(=O)O)cc4cc(NC(=O)c5ccccc5)ccc4c3O)cc2OC)c(OC)cc1N=Nc1ccc(S(=O)(=O)O)cc1. The molecule has 6 rings (SSSR count). The highest BCUT2D eigenvalue weighted by atomic mass is 32.2. The molecule has 0 unspecified atom stereocenters. The molecule has 0 heterocycles. The summed E-state index contributed by atoms with van der Waals surface area (Å²) in [6, 6.07) is 24.7. The minimum atomic E-state index is -4.98. The Morgan fingerprint density at radius 3 is 1.52 bits per heavy atom. The van der Waals surface area contributed by atoms with E-state index < -0.39 is 42.5 Å². The van der Waals surface area contributed by atoms with Crippen molar-refractivity contribution >= 4 is 76.7 Å². The van der Waals surface area contributed by atoms with Crippen LogP contribution in [0.15, 0.2) is 144 Å². The first kappa shape index (κ1) is 42.3. The number of aromatic hydroxyl groups is 1. The maximum absolute atomic E-state index is 12.7. The number of azo groups is 3. The summed E-state index contributed by atoms with van der Waals surface area (Å²) in [5.74, 6) is -0.408. The zero-order chi connectivity index (χ0) is 43.2. The Bertz CT molecular complexity index is 2930. The number of carbonyl (C=O) groups excluding carboxylic acids is 1. The summed E-state index contributed by atoms with van der Waals surface area (Å²) in [7, 11) is -3.89. The third-order valence-corrected chi connectivity index (χ3v) is 10.2. The van der Waals surface area contributed by atoms with E-state index in [0.717, 1.165) is 6.07 Å². The monoisotopic (exact) mass is 855 g/mol. The second-order valence-corrected chi connectivity index (χ2v) is 15.1. The molecule has 4 N–H and O–H groups in total. The Hall–Kier alpha value is -7.33. The smallest absolute Gasteiger partial charge is 0.296 e. The predicted molar refractivity (Wildman–Crippen MR) is 218 cm³/mol. The molecule has 0 aliphatic carbocycles. The molecule has 0 atom stereocenters. The van der Waals surface area contributed by atoms with Gasteiger partial charge in [0, 0.05) is 40.9 Å². The third-order valence-electron chi connectivity index (χ3n) is 8.51. The number of nitrogens with zero attached hydrogens (tertiary/aromatic N) is 6. The van der Waals surface area contributed by atoms with Gasteiger partial charge in [-0.05, 0) is 66.0 Å². The largest absolute Gasteiger partial charge is 0.505 e. The van der Waals surface area contributed by atoms with Gasteiger partial charge in [-0.3, -0.25) is 13.9 Å². The van der Waals surface area contributed by atoms with Crippen molar-refractivity contribution in [3.05, 3.63) is 109 Å². The normalized spacial score (nSPS) is 12.0. The Morgan fingerprint density at radius 1 is 0.567 bits per heavy atom. The van der Waals surface area contributed by atoms with E-state index in [9.17, 15) is 35.8 Å². The summed E-state index contributed by atoms with van der Waals surface area (Å²) in [6.07, 6.45) is 0. The number of carbonyl (C=O) groups is 1. The Balaban J connectivity index is 1.30. The van der Waals surface area contributed by atoms with Crippen LogP contribution in [0.4, 0.5) is 39.8 Å². The molecular formula is C39H33N7O12S2. The van der Waals surface area contributed by atoms with Crippen LogP contribution in [0.2, 0.25) is 0 Å². The minimum absolute atomic E-state index is 0.00893. The van der Waals surface area contributed by atoms with Crippen LogP contribution in [0, 0.1) is 0 Å². The lowest BCUT2D eigenvalue weighted by molar-refractivity contribution is 0.102. The van der Waals surface area contributed by atoms with Crippen LogP contribution in [0.5, 0.6) is 28.7 Å². The zero-order valence-corrected chi connectivity index (χ0v) is 33.5. The van der Waals surface area contributed by atoms with Gasteiger partial charge in [0.25, 0.3) is 26.1 Å². The molecule has 0 bridgehead atoms. The first-order valence-corrected chi connectivity index (χ1v) is 20.0. The molecular weight excluding hydrogens is 823 g/mol. The summed E-state index contributed by atoms with van der Waals surface area (Å²) in [5, 5.41) is 39.2. The molecule has 0 radical (unpaired) electrons. The highest BCUT2D eigenvalue weighted by Gasteiger charge is 2.23. The Labute approximate surface area is 342 Å². The molecule has 0 saturated heterocycles. The number of anilines is 1. The fourth-order valence-electron chi connectivity index (χ4n) is 5.57.